The van der Waals surface area contributed by atoms with Crippen LogP contribution in [0.25, 0.3) is 6.08 Å². The number of thioether (sulfide) groups is 1. The smallest absolute Gasteiger partial charge is 0.268 e. The van der Waals surface area contributed by atoms with Gasteiger partial charge in [-0.3, -0.25) is 14.6 Å². The number of halogens is 1. The number of rotatable bonds is 2. The van der Waals surface area contributed by atoms with E-state index in [9.17, 15) is 9.59 Å². The molecule has 0 bridgehead atoms. The summed E-state index contributed by atoms with van der Waals surface area (Å²) < 4.78 is 1.35. The first-order chi connectivity index (χ1) is 11.1. The number of carbonyl (C=O) groups is 2. The number of aromatic nitrogens is 1. The molecule has 4 nitrogen and oxygen atoms in total. The molecule has 1 saturated heterocycles. The van der Waals surface area contributed by atoms with E-state index in [1.165, 1.54) is 6.20 Å². The van der Waals surface area contributed by atoms with Crippen LogP contribution in [0.4, 0.5) is 0 Å². The normalized spacial score (nSPS) is 16.2. The average molecular weight is 452 g/mol. The molecule has 1 fully saturated rings. The van der Waals surface area contributed by atoms with Gasteiger partial charge in [0.2, 0.25) is 0 Å². The number of pyridine rings is 1. The summed E-state index contributed by atoms with van der Waals surface area (Å²) >= 11 is 8.54. The lowest BCUT2D eigenvalue weighted by molar-refractivity contribution is -0.120. The second-order valence-corrected chi connectivity index (χ2v) is 7.54. The number of thiocarbonyl (C=S) groups is 1. The van der Waals surface area contributed by atoms with E-state index < -0.39 is 11.8 Å². The zero-order valence-electron chi connectivity index (χ0n) is 11.6. The number of imide groups is 1. The van der Waals surface area contributed by atoms with Gasteiger partial charge in [-0.25, -0.2) is 4.90 Å². The molecule has 0 saturated carbocycles. The summed E-state index contributed by atoms with van der Waals surface area (Å²) in [5, 5.41) is 0. The second-order valence-electron chi connectivity index (χ2n) is 4.62. The van der Waals surface area contributed by atoms with Crippen molar-refractivity contribution in [2.45, 2.75) is 0 Å². The van der Waals surface area contributed by atoms with Crippen molar-refractivity contribution in [1.82, 2.24) is 9.88 Å². The highest BCUT2D eigenvalue weighted by Gasteiger charge is 2.37. The third-order valence-corrected chi connectivity index (χ3v) is 5.09. The standard InChI is InChI=1S/C16H9IN2O2S2/c17-12-5-3-10(4-6-12)8-13-15(21)19(16(22)23-13)14(20)11-2-1-7-18-9-11/h1-9H. The van der Waals surface area contributed by atoms with Crippen molar-refractivity contribution in [2.75, 3.05) is 0 Å². The third-order valence-electron chi connectivity index (χ3n) is 3.07. The Labute approximate surface area is 156 Å². The first kappa shape index (κ1) is 16.3. The van der Waals surface area contributed by atoms with Gasteiger partial charge in [-0.05, 0) is 58.5 Å². The van der Waals surface area contributed by atoms with Crippen molar-refractivity contribution in [3.05, 3.63) is 68.4 Å². The molecule has 0 unspecified atom stereocenters. The Morgan fingerprint density at radius 2 is 2.00 bits per heavy atom. The van der Waals surface area contributed by atoms with Crippen LogP contribution in [0.3, 0.4) is 0 Å². The largest absolute Gasteiger partial charge is 0.273 e. The monoisotopic (exact) mass is 452 g/mol. The molecular weight excluding hydrogens is 443 g/mol. The van der Waals surface area contributed by atoms with Crippen molar-refractivity contribution < 1.29 is 9.59 Å². The van der Waals surface area contributed by atoms with Crippen LogP contribution < -0.4 is 0 Å². The van der Waals surface area contributed by atoms with Crippen LogP contribution in [0, 0.1) is 3.57 Å². The number of carbonyl (C=O) groups excluding carboxylic acids is 2. The lowest BCUT2D eigenvalue weighted by Gasteiger charge is -2.11. The van der Waals surface area contributed by atoms with Crippen molar-refractivity contribution in [1.29, 1.82) is 0 Å². The predicted molar refractivity (Wildman–Crippen MR) is 103 cm³/mol. The molecule has 1 aromatic carbocycles. The Morgan fingerprint density at radius 3 is 2.65 bits per heavy atom. The van der Waals surface area contributed by atoms with Crippen LogP contribution in [0.2, 0.25) is 0 Å². The number of hydrogen-bond acceptors (Lipinski definition) is 5. The highest BCUT2D eigenvalue weighted by atomic mass is 127. The number of hydrogen-bond donors (Lipinski definition) is 0. The summed E-state index contributed by atoms with van der Waals surface area (Å²) in [7, 11) is 0. The first-order valence-corrected chi connectivity index (χ1v) is 8.84. The molecule has 3 rings (SSSR count). The Hall–Kier alpha value is -1.58. The van der Waals surface area contributed by atoms with E-state index in [0.717, 1.165) is 25.8 Å². The van der Waals surface area contributed by atoms with Crippen LogP contribution in [0.1, 0.15) is 15.9 Å². The lowest BCUT2D eigenvalue weighted by Crippen LogP contribution is -2.34. The van der Waals surface area contributed by atoms with Gasteiger partial charge in [-0.15, -0.1) is 0 Å². The van der Waals surface area contributed by atoms with Crippen LogP contribution in [-0.2, 0) is 4.79 Å². The van der Waals surface area contributed by atoms with Crippen LogP contribution in [-0.4, -0.2) is 26.0 Å². The summed E-state index contributed by atoms with van der Waals surface area (Å²) in [6.45, 7) is 0. The van der Waals surface area contributed by atoms with E-state index in [0.29, 0.717) is 10.5 Å². The van der Waals surface area contributed by atoms with Gasteiger partial charge >= 0.3 is 0 Å². The van der Waals surface area contributed by atoms with Gasteiger partial charge in [0.25, 0.3) is 11.8 Å². The minimum atomic E-state index is -0.452. The Kier molecular flexibility index (Phi) is 4.88. The molecule has 0 spiro atoms. The van der Waals surface area contributed by atoms with Gasteiger partial charge in [0.15, 0.2) is 4.32 Å². The van der Waals surface area contributed by atoms with E-state index in [4.69, 9.17) is 12.2 Å². The van der Waals surface area contributed by atoms with E-state index in [1.807, 2.05) is 24.3 Å². The van der Waals surface area contributed by atoms with E-state index in [-0.39, 0.29) is 4.32 Å². The van der Waals surface area contributed by atoms with Gasteiger partial charge in [-0.2, -0.15) is 0 Å². The SMILES string of the molecule is O=C1C(=Cc2ccc(I)cc2)SC(=S)N1C(=O)c1cccnc1. The minimum absolute atomic E-state index is 0.237. The van der Waals surface area contributed by atoms with Gasteiger partial charge < -0.3 is 0 Å². The molecule has 2 aromatic rings. The average Bonchev–Trinajstić information content (AvgIpc) is 2.84. The molecule has 1 aromatic heterocycles. The van der Waals surface area contributed by atoms with Crippen molar-refractivity contribution in [3.8, 4) is 0 Å². The lowest BCUT2D eigenvalue weighted by atomic mass is 10.2. The van der Waals surface area contributed by atoms with Crippen LogP contribution in [0.5, 0.6) is 0 Å². The molecule has 23 heavy (non-hydrogen) atoms. The third kappa shape index (κ3) is 3.51. The van der Waals surface area contributed by atoms with Crippen molar-refractivity contribution in [2.24, 2.45) is 0 Å². The highest BCUT2D eigenvalue weighted by Crippen LogP contribution is 2.33. The Balaban J connectivity index is 1.88. The molecule has 1 aliphatic heterocycles. The summed E-state index contributed by atoms with van der Waals surface area (Å²) in [4.78, 5) is 30.3. The minimum Gasteiger partial charge on any atom is -0.268 e. The molecule has 0 aliphatic carbocycles. The number of amides is 2. The highest BCUT2D eigenvalue weighted by molar-refractivity contribution is 14.1. The maximum atomic E-state index is 12.5. The summed E-state index contributed by atoms with van der Waals surface area (Å²) in [5.41, 5.74) is 1.22. The quantitative estimate of drug-likeness (QED) is 0.301. The van der Waals surface area contributed by atoms with E-state index in [1.54, 1.807) is 24.4 Å². The number of benzene rings is 1. The van der Waals surface area contributed by atoms with Gasteiger partial charge in [0.05, 0.1) is 10.5 Å². The summed E-state index contributed by atoms with van der Waals surface area (Å²) in [6.07, 6.45) is 4.73. The molecule has 114 valence electrons. The Morgan fingerprint density at radius 1 is 1.26 bits per heavy atom. The molecular formula is C16H9IN2O2S2. The molecule has 2 amide bonds. The molecule has 0 radical (unpaired) electrons. The summed E-state index contributed by atoms with van der Waals surface area (Å²) in [6, 6.07) is 11.0. The maximum absolute atomic E-state index is 12.5. The van der Waals surface area contributed by atoms with E-state index >= 15 is 0 Å². The fourth-order valence-corrected chi connectivity index (χ4v) is 3.59. The Bertz CT molecular complexity index is 820. The second kappa shape index (κ2) is 6.90. The van der Waals surface area contributed by atoms with Crippen LogP contribution in [0.15, 0.2) is 53.7 Å². The fourth-order valence-electron chi connectivity index (χ4n) is 1.97. The first-order valence-electron chi connectivity index (χ1n) is 6.54. The van der Waals surface area contributed by atoms with Crippen molar-refractivity contribution in [3.63, 3.8) is 0 Å². The molecule has 0 N–H and O–H groups in total. The van der Waals surface area contributed by atoms with E-state index in [2.05, 4.69) is 27.6 Å². The fraction of sp³-hybridized carbons (Fsp3) is 0. The summed E-state index contributed by atoms with van der Waals surface area (Å²) in [5.74, 6) is -0.848. The molecule has 0 atom stereocenters. The molecule has 7 heteroatoms. The number of nitrogens with zero attached hydrogens (tertiary/aromatic N) is 2. The zero-order chi connectivity index (χ0) is 16.4. The molecule has 1 aliphatic rings. The topological polar surface area (TPSA) is 50.3 Å². The van der Waals surface area contributed by atoms with Crippen molar-refractivity contribution >= 4 is 68.8 Å². The van der Waals surface area contributed by atoms with Gasteiger partial charge in [0, 0.05) is 16.0 Å². The van der Waals surface area contributed by atoms with Crippen LogP contribution >= 0.6 is 46.6 Å². The predicted octanol–water partition coefficient (Wildman–Crippen LogP) is 3.73. The molecule has 2 heterocycles. The zero-order valence-corrected chi connectivity index (χ0v) is 15.4. The van der Waals surface area contributed by atoms with Gasteiger partial charge in [-0.1, -0.05) is 36.1 Å². The van der Waals surface area contributed by atoms with Gasteiger partial charge in [0.1, 0.15) is 0 Å². The maximum Gasteiger partial charge on any atom is 0.273 e.